The first kappa shape index (κ1) is 17.9. The molecule has 114 valence electrons. The van der Waals surface area contributed by atoms with Crippen LogP contribution in [0.25, 0.3) is 0 Å². The molecule has 0 saturated heterocycles. The summed E-state index contributed by atoms with van der Waals surface area (Å²) in [5, 5.41) is 0.356. The maximum absolute atomic E-state index is 12.0. The molecule has 1 aromatic rings. The Morgan fingerprint density at radius 1 is 1.45 bits per heavy atom. The highest BCUT2D eigenvalue weighted by atomic mass is 79.9. The third-order valence-corrected chi connectivity index (χ3v) is 7.04. The van der Waals surface area contributed by atoms with Crippen LogP contribution in [0.3, 0.4) is 0 Å². The largest absolute Gasteiger partial charge is 0.343 e. The smallest absolute Gasteiger partial charge is 0.250 e. The molecule has 0 unspecified atom stereocenters. The number of halogens is 2. The van der Waals surface area contributed by atoms with Gasteiger partial charge in [0.1, 0.15) is 4.21 Å². The molecule has 0 saturated carbocycles. The summed E-state index contributed by atoms with van der Waals surface area (Å²) in [6.07, 6.45) is 0.140. The summed E-state index contributed by atoms with van der Waals surface area (Å²) < 4.78 is 27.1. The number of thiophene rings is 1. The molecule has 5 nitrogen and oxygen atoms in total. The van der Waals surface area contributed by atoms with Crippen LogP contribution in [0, 0.1) is 0 Å². The third kappa shape index (κ3) is 4.70. The highest BCUT2D eigenvalue weighted by Crippen LogP contribution is 2.34. The molecule has 0 aliphatic heterocycles. The van der Waals surface area contributed by atoms with Gasteiger partial charge in [0.15, 0.2) is 0 Å². The lowest BCUT2D eigenvalue weighted by Gasteiger charge is -2.18. The van der Waals surface area contributed by atoms with E-state index in [1.807, 2.05) is 13.8 Å². The van der Waals surface area contributed by atoms with Crippen molar-refractivity contribution in [1.82, 2.24) is 9.62 Å². The number of rotatable bonds is 7. The van der Waals surface area contributed by atoms with Crippen LogP contribution in [0.1, 0.15) is 20.3 Å². The number of nitrogens with zero attached hydrogens (tertiary/aromatic N) is 1. The van der Waals surface area contributed by atoms with Crippen LogP contribution in [0.2, 0.25) is 5.02 Å². The van der Waals surface area contributed by atoms with E-state index in [0.29, 0.717) is 21.9 Å². The van der Waals surface area contributed by atoms with Crippen molar-refractivity contribution < 1.29 is 13.2 Å². The van der Waals surface area contributed by atoms with Crippen molar-refractivity contribution >= 4 is 54.8 Å². The van der Waals surface area contributed by atoms with E-state index in [1.165, 1.54) is 6.07 Å². The summed E-state index contributed by atoms with van der Waals surface area (Å²) in [7, 11) is -3.61. The fraction of sp³-hybridized carbons (Fsp3) is 0.545. The topological polar surface area (TPSA) is 66.5 Å². The van der Waals surface area contributed by atoms with Gasteiger partial charge >= 0.3 is 0 Å². The SMILES string of the molecule is CCN(CC)C(=O)CCNS(=O)(=O)c1cc(Cl)c(Br)s1. The van der Waals surface area contributed by atoms with Gasteiger partial charge in [0.05, 0.1) is 8.81 Å². The van der Waals surface area contributed by atoms with E-state index in [-0.39, 0.29) is 23.1 Å². The van der Waals surface area contributed by atoms with Gasteiger partial charge < -0.3 is 4.90 Å². The first-order valence-corrected chi connectivity index (χ1v) is 9.51. The number of sulfonamides is 1. The van der Waals surface area contributed by atoms with Crippen molar-refractivity contribution in [2.24, 2.45) is 0 Å². The van der Waals surface area contributed by atoms with E-state index >= 15 is 0 Å². The van der Waals surface area contributed by atoms with Gasteiger partial charge in [-0.25, -0.2) is 13.1 Å². The van der Waals surface area contributed by atoms with Crippen molar-refractivity contribution in [2.45, 2.75) is 24.5 Å². The Kier molecular flexibility index (Phi) is 6.93. The van der Waals surface area contributed by atoms with Gasteiger partial charge in [-0.3, -0.25) is 4.79 Å². The van der Waals surface area contributed by atoms with Crippen LogP contribution in [0.5, 0.6) is 0 Å². The summed E-state index contributed by atoms with van der Waals surface area (Å²) >= 11 is 10.0. The Balaban J connectivity index is 2.59. The van der Waals surface area contributed by atoms with E-state index in [9.17, 15) is 13.2 Å². The maximum Gasteiger partial charge on any atom is 0.250 e. The number of amides is 1. The maximum atomic E-state index is 12.0. The van der Waals surface area contributed by atoms with Crippen LogP contribution >= 0.6 is 38.9 Å². The predicted octanol–water partition coefficient (Wildman–Crippen LogP) is 2.70. The van der Waals surface area contributed by atoms with Crippen molar-refractivity contribution in [1.29, 1.82) is 0 Å². The molecule has 0 radical (unpaired) electrons. The highest BCUT2D eigenvalue weighted by molar-refractivity contribution is 9.11. The molecule has 1 N–H and O–H groups in total. The minimum absolute atomic E-state index is 0.0666. The summed E-state index contributed by atoms with van der Waals surface area (Å²) in [4.78, 5) is 13.4. The lowest BCUT2D eigenvalue weighted by molar-refractivity contribution is -0.130. The second-order valence-corrected chi connectivity index (χ2v) is 8.67. The van der Waals surface area contributed by atoms with Gasteiger partial charge in [-0.15, -0.1) is 11.3 Å². The molecule has 0 aromatic carbocycles. The molecule has 0 spiro atoms. The van der Waals surface area contributed by atoms with Crippen molar-refractivity contribution in [3.05, 3.63) is 14.9 Å². The van der Waals surface area contributed by atoms with Gasteiger partial charge in [0.2, 0.25) is 15.9 Å². The fourth-order valence-corrected chi connectivity index (χ4v) is 5.03. The summed E-state index contributed by atoms with van der Waals surface area (Å²) in [6, 6.07) is 1.38. The first-order valence-electron chi connectivity index (χ1n) is 6.04. The zero-order valence-corrected chi connectivity index (χ0v) is 15.1. The molecule has 0 aliphatic rings. The van der Waals surface area contributed by atoms with Crippen LogP contribution in [-0.2, 0) is 14.8 Å². The second-order valence-electron chi connectivity index (χ2n) is 3.90. The molecule has 0 atom stereocenters. The average molecular weight is 404 g/mol. The number of hydrogen-bond acceptors (Lipinski definition) is 4. The summed E-state index contributed by atoms with van der Waals surface area (Å²) in [5.74, 6) is -0.0666. The van der Waals surface area contributed by atoms with E-state index in [2.05, 4.69) is 20.7 Å². The average Bonchev–Trinajstić information content (AvgIpc) is 2.72. The standard InChI is InChI=1S/C11H16BrClN2O3S2/c1-3-15(4-2)9(16)5-6-14-20(17,18)10-7-8(13)11(12)19-10/h7,14H,3-6H2,1-2H3. The van der Waals surface area contributed by atoms with Crippen molar-refractivity contribution in [2.75, 3.05) is 19.6 Å². The Hall–Kier alpha value is -0.150. The van der Waals surface area contributed by atoms with Crippen LogP contribution in [0.4, 0.5) is 0 Å². The lowest BCUT2D eigenvalue weighted by atomic mass is 10.3. The van der Waals surface area contributed by atoms with E-state index in [0.717, 1.165) is 11.3 Å². The monoisotopic (exact) mass is 402 g/mol. The van der Waals surface area contributed by atoms with Crippen molar-refractivity contribution in [3.8, 4) is 0 Å². The molecule has 0 bridgehead atoms. The number of nitrogens with one attached hydrogen (secondary N) is 1. The molecular formula is C11H16BrClN2O3S2. The minimum Gasteiger partial charge on any atom is -0.343 e. The Morgan fingerprint density at radius 2 is 2.05 bits per heavy atom. The normalized spacial score (nSPS) is 11.6. The molecule has 1 rings (SSSR count). The van der Waals surface area contributed by atoms with E-state index in [4.69, 9.17) is 11.6 Å². The van der Waals surface area contributed by atoms with Gasteiger partial charge in [0, 0.05) is 26.1 Å². The third-order valence-electron chi connectivity index (χ3n) is 2.63. The molecule has 0 aliphatic carbocycles. The number of carbonyl (C=O) groups is 1. The zero-order chi connectivity index (χ0) is 15.3. The Labute approximate surface area is 136 Å². The first-order chi connectivity index (χ1) is 9.31. The molecule has 1 amide bonds. The van der Waals surface area contributed by atoms with Crippen molar-refractivity contribution in [3.63, 3.8) is 0 Å². The van der Waals surface area contributed by atoms with Gasteiger partial charge in [0.25, 0.3) is 0 Å². The van der Waals surface area contributed by atoms with E-state index in [1.54, 1.807) is 4.90 Å². The highest BCUT2D eigenvalue weighted by Gasteiger charge is 2.19. The molecular weight excluding hydrogens is 388 g/mol. The Bertz CT molecular complexity index is 551. The Morgan fingerprint density at radius 3 is 2.50 bits per heavy atom. The van der Waals surface area contributed by atoms with Crippen LogP contribution in [-0.4, -0.2) is 38.9 Å². The molecule has 0 fully saturated rings. The molecule has 1 heterocycles. The summed E-state index contributed by atoms with van der Waals surface area (Å²) in [6.45, 7) is 5.09. The van der Waals surface area contributed by atoms with Gasteiger partial charge in [-0.05, 0) is 35.8 Å². The quantitative estimate of drug-likeness (QED) is 0.761. The summed E-state index contributed by atoms with van der Waals surface area (Å²) in [5.41, 5.74) is 0. The second kappa shape index (κ2) is 7.74. The van der Waals surface area contributed by atoms with Gasteiger partial charge in [-0.1, -0.05) is 11.6 Å². The minimum atomic E-state index is -3.61. The fourth-order valence-electron chi connectivity index (χ4n) is 1.56. The predicted molar refractivity (Wildman–Crippen MR) is 84.8 cm³/mol. The lowest BCUT2D eigenvalue weighted by Crippen LogP contribution is -2.34. The zero-order valence-electron chi connectivity index (χ0n) is 11.2. The van der Waals surface area contributed by atoms with Crippen LogP contribution in [0.15, 0.2) is 14.1 Å². The number of carbonyl (C=O) groups excluding carboxylic acids is 1. The molecule has 20 heavy (non-hydrogen) atoms. The van der Waals surface area contributed by atoms with E-state index < -0.39 is 10.0 Å². The molecule has 9 heteroatoms. The molecule has 1 aromatic heterocycles. The number of hydrogen-bond donors (Lipinski definition) is 1. The van der Waals surface area contributed by atoms with Crippen LogP contribution < -0.4 is 4.72 Å². The van der Waals surface area contributed by atoms with Gasteiger partial charge in [-0.2, -0.15) is 0 Å².